The molecule has 1 fully saturated rings. The topological polar surface area (TPSA) is 76.1 Å². The van der Waals surface area contributed by atoms with Crippen molar-refractivity contribution >= 4 is 38.7 Å². The molecule has 1 N–H and O–H groups in total. The number of thiazole rings is 1. The van der Waals surface area contributed by atoms with Crippen LogP contribution in [0.2, 0.25) is 5.02 Å². The van der Waals surface area contributed by atoms with E-state index >= 15 is 0 Å². The third-order valence-corrected chi connectivity index (χ3v) is 6.71. The first-order valence-electron chi connectivity index (χ1n) is 7.09. The van der Waals surface area contributed by atoms with E-state index in [-0.39, 0.29) is 23.5 Å². The molecule has 1 aromatic carbocycles. The minimum atomic E-state index is -3.02. The number of aromatic nitrogens is 1. The normalized spacial score (nSPS) is 19.7. The molecule has 1 aliphatic rings. The molecule has 0 unspecified atom stereocenters. The first-order chi connectivity index (χ1) is 10.8. The summed E-state index contributed by atoms with van der Waals surface area (Å²) in [5, 5.41) is 4.15. The fraction of sp³-hybridized carbons (Fsp3) is 0.333. The average molecular weight is 371 g/mol. The zero-order valence-corrected chi connectivity index (χ0v) is 14.8. The van der Waals surface area contributed by atoms with Crippen LogP contribution in [0.3, 0.4) is 0 Å². The van der Waals surface area contributed by atoms with Gasteiger partial charge in [0.15, 0.2) is 9.84 Å². The standard InChI is InChI=1S/C15H15ClN2O3S2/c1-9-13(14(19)17-12-6-7-23(20,21)8-12)18-15(22-9)10-2-4-11(16)5-3-10/h2-5,12H,6-8H2,1H3,(H,17,19)/t12-/m1/s1. The number of hydrogen-bond acceptors (Lipinski definition) is 5. The molecule has 122 valence electrons. The molecule has 23 heavy (non-hydrogen) atoms. The third kappa shape index (κ3) is 3.73. The van der Waals surface area contributed by atoms with Crippen LogP contribution in [0.15, 0.2) is 24.3 Å². The molecule has 0 aliphatic carbocycles. The van der Waals surface area contributed by atoms with E-state index in [1.807, 2.05) is 19.1 Å². The number of sulfone groups is 1. The Balaban J connectivity index is 1.78. The monoisotopic (exact) mass is 370 g/mol. The lowest BCUT2D eigenvalue weighted by Crippen LogP contribution is -2.36. The highest BCUT2D eigenvalue weighted by Crippen LogP contribution is 2.28. The van der Waals surface area contributed by atoms with Crippen LogP contribution in [0.1, 0.15) is 21.8 Å². The number of aryl methyl sites for hydroxylation is 1. The maximum absolute atomic E-state index is 12.3. The van der Waals surface area contributed by atoms with Crippen molar-refractivity contribution in [3.05, 3.63) is 39.9 Å². The molecule has 2 heterocycles. The second kappa shape index (κ2) is 6.22. The second-order valence-corrected chi connectivity index (χ2v) is 9.37. The van der Waals surface area contributed by atoms with Gasteiger partial charge in [-0.3, -0.25) is 4.79 Å². The summed E-state index contributed by atoms with van der Waals surface area (Å²) in [7, 11) is -3.02. The van der Waals surface area contributed by atoms with Gasteiger partial charge in [0.25, 0.3) is 5.91 Å². The van der Waals surface area contributed by atoms with Crippen LogP contribution in [-0.4, -0.2) is 36.9 Å². The summed E-state index contributed by atoms with van der Waals surface area (Å²) in [6, 6.07) is 6.93. The van der Waals surface area contributed by atoms with Gasteiger partial charge >= 0.3 is 0 Å². The molecule has 0 spiro atoms. The van der Waals surface area contributed by atoms with E-state index in [1.54, 1.807) is 12.1 Å². The van der Waals surface area contributed by atoms with Gasteiger partial charge in [0.2, 0.25) is 0 Å². The largest absolute Gasteiger partial charge is 0.347 e. The summed E-state index contributed by atoms with van der Waals surface area (Å²) >= 11 is 7.30. The molecule has 1 amide bonds. The summed E-state index contributed by atoms with van der Waals surface area (Å²) in [5.41, 5.74) is 1.24. The Morgan fingerprint density at radius 1 is 1.35 bits per heavy atom. The lowest BCUT2D eigenvalue weighted by Gasteiger charge is -2.09. The summed E-state index contributed by atoms with van der Waals surface area (Å²) in [6.07, 6.45) is 0.460. The van der Waals surface area contributed by atoms with Crippen LogP contribution < -0.4 is 5.32 Å². The fourth-order valence-corrected chi connectivity index (χ4v) is 5.20. The molecule has 1 atom stereocenters. The number of amides is 1. The van der Waals surface area contributed by atoms with Gasteiger partial charge in [0.05, 0.1) is 11.5 Å². The first kappa shape index (κ1) is 16.4. The number of carbonyl (C=O) groups is 1. The van der Waals surface area contributed by atoms with E-state index in [9.17, 15) is 13.2 Å². The van der Waals surface area contributed by atoms with Crippen LogP contribution in [0.5, 0.6) is 0 Å². The highest BCUT2D eigenvalue weighted by atomic mass is 35.5. The molecule has 2 aromatic rings. The molecule has 0 saturated carbocycles. The molecule has 1 saturated heterocycles. The highest BCUT2D eigenvalue weighted by Gasteiger charge is 2.30. The fourth-order valence-electron chi connectivity index (χ4n) is 2.49. The third-order valence-electron chi connectivity index (χ3n) is 3.67. The van der Waals surface area contributed by atoms with Gasteiger partial charge in [-0.1, -0.05) is 23.7 Å². The summed E-state index contributed by atoms with van der Waals surface area (Å²) in [4.78, 5) is 17.5. The SMILES string of the molecule is Cc1sc(-c2ccc(Cl)cc2)nc1C(=O)N[C@@H]1CCS(=O)(=O)C1. The van der Waals surface area contributed by atoms with Gasteiger partial charge in [-0.2, -0.15) is 0 Å². The zero-order valence-electron chi connectivity index (χ0n) is 12.4. The highest BCUT2D eigenvalue weighted by molar-refractivity contribution is 7.91. The number of rotatable bonds is 3. The Morgan fingerprint density at radius 2 is 2.04 bits per heavy atom. The van der Waals surface area contributed by atoms with Crippen LogP contribution in [0.25, 0.3) is 10.6 Å². The Kier molecular flexibility index (Phi) is 4.44. The smallest absolute Gasteiger partial charge is 0.271 e. The summed E-state index contributed by atoms with van der Waals surface area (Å²) in [6.45, 7) is 1.83. The molecule has 8 heteroatoms. The molecule has 1 aliphatic heterocycles. The minimum absolute atomic E-state index is 0.00592. The van der Waals surface area contributed by atoms with Crippen LogP contribution in [0, 0.1) is 6.92 Å². The number of nitrogens with zero attached hydrogens (tertiary/aromatic N) is 1. The summed E-state index contributed by atoms with van der Waals surface area (Å²) in [5.74, 6) is -0.184. The Morgan fingerprint density at radius 3 is 2.65 bits per heavy atom. The van der Waals surface area contributed by atoms with Crippen molar-refractivity contribution in [2.45, 2.75) is 19.4 Å². The van der Waals surface area contributed by atoms with E-state index < -0.39 is 9.84 Å². The first-order valence-corrected chi connectivity index (χ1v) is 10.1. The van der Waals surface area contributed by atoms with Crippen molar-refractivity contribution in [2.75, 3.05) is 11.5 Å². The number of benzene rings is 1. The Hall–Kier alpha value is -1.44. The van der Waals surface area contributed by atoms with E-state index in [2.05, 4.69) is 10.3 Å². The van der Waals surface area contributed by atoms with Crippen molar-refractivity contribution in [1.82, 2.24) is 10.3 Å². The molecule has 0 bridgehead atoms. The number of halogens is 1. The minimum Gasteiger partial charge on any atom is -0.347 e. The van der Waals surface area contributed by atoms with Gasteiger partial charge in [-0.05, 0) is 25.5 Å². The van der Waals surface area contributed by atoms with Crippen molar-refractivity contribution in [3.8, 4) is 10.6 Å². The predicted octanol–water partition coefficient (Wildman–Crippen LogP) is 2.69. The van der Waals surface area contributed by atoms with Gasteiger partial charge in [0, 0.05) is 21.5 Å². The van der Waals surface area contributed by atoms with Gasteiger partial charge < -0.3 is 5.32 Å². The van der Waals surface area contributed by atoms with Crippen molar-refractivity contribution in [1.29, 1.82) is 0 Å². The molecule has 3 rings (SSSR count). The van der Waals surface area contributed by atoms with E-state index in [0.717, 1.165) is 15.4 Å². The summed E-state index contributed by atoms with van der Waals surface area (Å²) < 4.78 is 22.9. The van der Waals surface area contributed by atoms with Crippen LogP contribution >= 0.6 is 22.9 Å². The number of carbonyl (C=O) groups excluding carboxylic acids is 1. The van der Waals surface area contributed by atoms with Crippen LogP contribution in [-0.2, 0) is 9.84 Å². The maximum Gasteiger partial charge on any atom is 0.271 e. The zero-order chi connectivity index (χ0) is 16.6. The van der Waals surface area contributed by atoms with E-state index in [1.165, 1.54) is 11.3 Å². The average Bonchev–Trinajstić information content (AvgIpc) is 3.02. The Labute approximate surface area is 143 Å². The van der Waals surface area contributed by atoms with Gasteiger partial charge in [-0.25, -0.2) is 13.4 Å². The molecular weight excluding hydrogens is 356 g/mol. The van der Waals surface area contributed by atoms with Crippen molar-refractivity contribution in [3.63, 3.8) is 0 Å². The second-order valence-electron chi connectivity index (χ2n) is 5.50. The van der Waals surface area contributed by atoms with Crippen LogP contribution in [0.4, 0.5) is 0 Å². The molecule has 1 aromatic heterocycles. The van der Waals surface area contributed by atoms with E-state index in [4.69, 9.17) is 11.6 Å². The Bertz CT molecular complexity index is 844. The predicted molar refractivity (Wildman–Crippen MR) is 91.8 cm³/mol. The van der Waals surface area contributed by atoms with Gasteiger partial charge in [-0.15, -0.1) is 11.3 Å². The van der Waals surface area contributed by atoms with Gasteiger partial charge in [0.1, 0.15) is 10.7 Å². The van der Waals surface area contributed by atoms with E-state index in [0.29, 0.717) is 17.1 Å². The quantitative estimate of drug-likeness (QED) is 0.901. The molecular formula is C15H15ClN2O3S2. The lowest BCUT2D eigenvalue weighted by atomic mass is 10.2. The molecule has 5 nitrogen and oxygen atoms in total. The lowest BCUT2D eigenvalue weighted by molar-refractivity contribution is 0.0936. The number of nitrogens with one attached hydrogen (secondary N) is 1. The number of hydrogen-bond donors (Lipinski definition) is 1. The molecule has 0 radical (unpaired) electrons. The maximum atomic E-state index is 12.3. The van der Waals surface area contributed by atoms with Crippen molar-refractivity contribution < 1.29 is 13.2 Å². The van der Waals surface area contributed by atoms with Crippen molar-refractivity contribution in [2.24, 2.45) is 0 Å².